The maximum atomic E-state index is 13.9. The molecule has 2 N–H and O–H groups in total. The van der Waals surface area contributed by atoms with Gasteiger partial charge in [-0.05, 0) is 37.3 Å². The lowest BCUT2D eigenvalue weighted by Gasteiger charge is -2.12. The lowest BCUT2D eigenvalue weighted by molar-refractivity contribution is -0.142. The van der Waals surface area contributed by atoms with Crippen molar-refractivity contribution in [3.8, 4) is 5.75 Å². The van der Waals surface area contributed by atoms with E-state index in [1.807, 2.05) is 0 Å². The van der Waals surface area contributed by atoms with Gasteiger partial charge in [0.2, 0.25) is 0 Å². The summed E-state index contributed by atoms with van der Waals surface area (Å²) in [5, 5.41) is 6.84. The molecule has 10 heteroatoms. The van der Waals surface area contributed by atoms with Crippen molar-refractivity contribution in [1.29, 1.82) is 0 Å². The molecule has 0 saturated carbocycles. The van der Waals surface area contributed by atoms with Crippen LogP contribution in [-0.4, -0.2) is 36.5 Å². The number of hydrogen-bond donors (Lipinski definition) is 2. The first kappa shape index (κ1) is 22.9. The molecular weight excluding hydrogens is 437 g/mol. The summed E-state index contributed by atoms with van der Waals surface area (Å²) in [6, 6.07) is 9.36. The van der Waals surface area contributed by atoms with Crippen molar-refractivity contribution in [2.24, 2.45) is 0 Å². The van der Waals surface area contributed by atoms with Gasteiger partial charge >= 0.3 is 12.0 Å². The summed E-state index contributed by atoms with van der Waals surface area (Å²) < 4.78 is 23.9. The van der Waals surface area contributed by atoms with Crippen LogP contribution in [-0.2, 0) is 16.0 Å². The third kappa shape index (κ3) is 5.67. The molecule has 0 aliphatic heterocycles. The minimum atomic E-state index is -0.721. The molecule has 32 heavy (non-hydrogen) atoms. The van der Waals surface area contributed by atoms with Crippen LogP contribution < -0.4 is 15.4 Å². The standard InChI is InChI=1S/C22H20FN3O5S/c1-3-31-19(27)11-14-12-32-22(24-14)26-21(29)25-17-10-13(23)8-9-15(17)20(28)16-6-4-5-7-18(16)30-2/h4-10,12H,3,11H2,1-2H3,(H2,24,25,26,29). The molecule has 3 rings (SSSR count). The Labute approximate surface area is 187 Å². The number of anilines is 2. The monoisotopic (exact) mass is 457 g/mol. The smallest absolute Gasteiger partial charge is 0.325 e. The second-order valence-corrected chi connectivity index (χ2v) is 7.28. The Morgan fingerprint density at radius 3 is 2.62 bits per heavy atom. The molecule has 0 radical (unpaired) electrons. The van der Waals surface area contributed by atoms with Crippen molar-refractivity contribution < 1.29 is 28.2 Å². The predicted octanol–water partition coefficient (Wildman–Crippen LogP) is 4.27. The van der Waals surface area contributed by atoms with E-state index in [-0.39, 0.29) is 35.0 Å². The summed E-state index contributed by atoms with van der Waals surface area (Å²) in [4.78, 5) is 41.2. The first-order valence-electron chi connectivity index (χ1n) is 9.56. The van der Waals surface area contributed by atoms with Crippen LogP contribution in [0.4, 0.5) is 20.0 Å². The van der Waals surface area contributed by atoms with Gasteiger partial charge < -0.3 is 14.8 Å². The molecule has 0 aliphatic carbocycles. The number of para-hydroxylation sites is 1. The Morgan fingerprint density at radius 1 is 1.09 bits per heavy atom. The van der Waals surface area contributed by atoms with E-state index in [9.17, 15) is 18.8 Å². The number of ether oxygens (including phenoxy) is 2. The molecular formula is C22H20FN3O5S. The summed E-state index contributed by atoms with van der Waals surface area (Å²) in [7, 11) is 1.44. The first-order valence-corrected chi connectivity index (χ1v) is 10.4. The molecule has 3 aromatic rings. The van der Waals surface area contributed by atoms with Crippen LogP contribution in [0, 0.1) is 5.82 Å². The number of benzene rings is 2. The SMILES string of the molecule is CCOC(=O)Cc1csc(NC(=O)Nc2cc(F)ccc2C(=O)c2ccccc2OC)n1. The van der Waals surface area contributed by atoms with Crippen molar-refractivity contribution in [3.63, 3.8) is 0 Å². The number of methoxy groups -OCH3 is 1. The van der Waals surface area contributed by atoms with Gasteiger partial charge in [0.25, 0.3) is 0 Å². The fourth-order valence-corrected chi connectivity index (χ4v) is 3.56. The van der Waals surface area contributed by atoms with Crippen molar-refractivity contribution in [2.45, 2.75) is 13.3 Å². The van der Waals surface area contributed by atoms with Crippen LogP contribution in [0.3, 0.4) is 0 Å². The molecule has 2 aromatic carbocycles. The number of amides is 2. The molecule has 1 aromatic heterocycles. The Bertz CT molecular complexity index is 1150. The maximum Gasteiger partial charge on any atom is 0.325 e. The van der Waals surface area contributed by atoms with E-state index < -0.39 is 23.6 Å². The van der Waals surface area contributed by atoms with Gasteiger partial charge in [0.05, 0.1) is 37.1 Å². The van der Waals surface area contributed by atoms with Crippen molar-refractivity contribution in [2.75, 3.05) is 24.4 Å². The number of rotatable bonds is 8. The van der Waals surface area contributed by atoms with Crippen LogP contribution in [0.5, 0.6) is 5.75 Å². The lowest BCUT2D eigenvalue weighted by Crippen LogP contribution is -2.21. The minimum Gasteiger partial charge on any atom is -0.496 e. The average molecular weight is 457 g/mol. The maximum absolute atomic E-state index is 13.9. The van der Waals surface area contributed by atoms with Crippen LogP contribution in [0.25, 0.3) is 0 Å². The molecule has 0 fully saturated rings. The number of thiazole rings is 1. The fourth-order valence-electron chi connectivity index (χ4n) is 2.85. The molecule has 2 amide bonds. The number of carbonyl (C=O) groups is 3. The second kappa shape index (κ2) is 10.5. The molecule has 0 unspecified atom stereocenters. The van der Waals surface area contributed by atoms with Crippen LogP contribution in [0.15, 0.2) is 47.8 Å². The Morgan fingerprint density at radius 2 is 1.88 bits per heavy atom. The number of nitrogens with zero attached hydrogens (tertiary/aromatic N) is 1. The summed E-state index contributed by atoms with van der Waals surface area (Å²) in [5.41, 5.74) is 0.796. The summed E-state index contributed by atoms with van der Waals surface area (Å²) in [6.45, 7) is 1.97. The van der Waals surface area contributed by atoms with Gasteiger partial charge in [-0.25, -0.2) is 14.2 Å². The highest BCUT2D eigenvalue weighted by molar-refractivity contribution is 7.14. The number of halogens is 1. The quantitative estimate of drug-likeness (QED) is 0.386. The topological polar surface area (TPSA) is 107 Å². The number of ketones is 1. The van der Waals surface area contributed by atoms with Crippen molar-refractivity contribution in [3.05, 3.63) is 70.5 Å². The highest BCUT2D eigenvalue weighted by Crippen LogP contribution is 2.26. The Hall–Kier alpha value is -3.79. The molecule has 0 aliphatic rings. The second-order valence-electron chi connectivity index (χ2n) is 6.42. The largest absolute Gasteiger partial charge is 0.496 e. The number of hydrogen-bond acceptors (Lipinski definition) is 7. The molecule has 0 bridgehead atoms. The average Bonchev–Trinajstić information content (AvgIpc) is 3.19. The third-order valence-corrected chi connectivity index (χ3v) is 5.04. The molecule has 0 spiro atoms. The van der Waals surface area contributed by atoms with Crippen LogP contribution >= 0.6 is 11.3 Å². The molecule has 0 atom stereocenters. The summed E-state index contributed by atoms with van der Waals surface area (Å²) >= 11 is 1.12. The summed E-state index contributed by atoms with van der Waals surface area (Å²) in [6.07, 6.45) is -0.0188. The number of carbonyl (C=O) groups excluding carboxylic acids is 3. The highest BCUT2D eigenvalue weighted by atomic mass is 32.1. The van der Waals surface area contributed by atoms with Crippen molar-refractivity contribution >= 4 is 39.9 Å². The van der Waals surface area contributed by atoms with E-state index in [2.05, 4.69) is 15.6 Å². The van der Waals surface area contributed by atoms with Gasteiger partial charge in [-0.3, -0.25) is 14.9 Å². The number of esters is 1. The van der Waals surface area contributed by atoms with E-state index in [1.54, 1.807) is 36.6 Å². The third-order valence-electron chi connectivity index (χ3n) is 4.23. The van der Waals surface area contributed by atoms with Gasteiger partial charge in [-0.1, -0.05) is 12.1 Å². The van der Waals surface area contributed by atoms with E-state index in [4.69, 9.17) is 9.47 Å². The fraction of sp³-hybridized carbons (Fsp3) is 0.182. The van der Waals surface area contributed by atoms with E-state index in [1.165, 1.54) is 13.2 Å². The van der Waals surface area contributed by atoms with E-state index >= 15 is 0 Å². The number of nitrogens with one attached hydrogen (secondary N) is 2. The highest BCUT2D eigenvalue weighted by Gasteiger charge is 2.20. The molecule has 8 nitrogen and oxygen atoms in total. The predicted molar refractivity (Wildman–Crippen MR) is 118 cm³/mol. The van der Waals surface area contributed by atoms with E-state index in [0.29, 0.717) is 11.4 Å². The van der Waals surface area contributed by atoms with E-state index in [0.717, 1.165) is 23.5 Å². The van der Waals surface area contributed by atoms with Crippen LogP contribution in [0.1, 0.15) is 28.5 Å². The molecule has 166 valence electrons. The van der Waals surface area contributed by atoms with Gasteiger partial charge in [0.1, 0.15) is 11.6 Å². The van der Waals surface area contributed by atoms with Crippen molar-refractivity contribution in [1.82, 2.24) is 4.98 Å². The van der Waals surface area contributed by atoms with Gasteiger partial charge in [-0.2, -0.15) is 0 Å². The first-order chi connectivity index (χ1) is 15.4. The minimum absolute atomic E-state index is 0.0123. The zero-order valence-electron chi connectivity index (χ0n) is 17.3. The zero-order chi connectivity index (χ0) is 23.1. The number of aromatic nitrogens is 1. The molecule has 1 heterocycles. The number of urea groups is 1. The summed E-state index contributed by atoms with van der Waals surface area (Å²) in [5.74, 6) is -1.13. The molecule has 0 saturated heterocycles. The van der Waals surface area contributed by atoms with Crippen LogP contribution in [0.2, 0.25) is 0 Å². The van der Waals surface area contributed by atoms with Gasteiger partial charge in [-0.15, -0.1) is 11.3 Å². The Balaban J connectivity index is 1.76. The van der Waals surface area contributed by atoms with Gasteiger partial charge in [0, 0.05) is 10.9 Å². The lowest BCUT2D eigenvalue weighted by atomic mass is 10.0. The normalized spacial score (nSPS) is 10.3. The van der Waals surface area contributed by atoms with Gasteiger partial charge in [0.15, 0.2) is 10.9 Å². The zero-order valence-corrected chi connectivity index (χ0v) is 18.1. The Kier molecular flexibility index (Phi) is 7.50.